The van der Waals surface area contributed by atoms with Gasteiger partial charge < -0.3 is 4.74 Å². The second kappa shape index (κ2) is 6.00. The van der Waals surface area contributed by atoms with Gasteiger partial charge in [0.2, 0.25) is 0 Å². The van der Waals surface area contributed by atoms with Gasteiger partial charge in [-0.1, -0.05) is 6.92 Å². The van der Waals surface area contributed by atoms with Gasteiger partial charge in [-0.25, -0.2) is 0 Å². The molecule has 0 saturated heterocycles. The molecule has 0 radical (unpaired) electrons. The Morgan fingerprint density at radius 3 is 2.50 bits per heavy atom. The fourth-order valence-electron chi connectivity index (χ4n) is 0.558. The molecule has 0 aliphatic carbocycles. The molecule has 70 valence electrons. The zero-order chi connectivity index (χ0) is 9.56. The summed E-state index contributed by atoms with van der Waals surface area (Å²) in [4.78, 5) is 21.5. The summed E-state index contributed by atoms with van der Waals surface area (Å²) in [6.07, 6.45) is 0.412. The van der Waals surface area contributed by atoms with Crippen LogP contribution in [0.3, 0.4) is 0 Å². The Kier molecular flexibility index (Phi) is 5.72. The van der Waals surface area contributed by atoms with E-state index in [1.54, 1.807) is 6.92 Å². The molecule has 0 spiro atoms. The van der Waals surface area contributed by atoms with E-state index in [9.17, 15) is 9.59 Å². The van der Waals surface area contributed by atoms with E-state index >= 15 is 0 Å². The highest BCUT2D eigenvalue weighted by Gasteiger charge is 2.11. The van der Waals surface area contributed by atoms with Gasteiger partial charge in [-0.15, -0.1) is 11.6 Å². The van der Waals surface area contributed by atoms with E-state index in [1.807, 2.05) is 6.92 Å². The molecule has 0 aromatic rings. The third kappa shape index (κ3) is 5.13. The summed E-state index contributed by atoms with van der Waals surface area (Å²) >= 11 is 5.21. The average molecular weight is 193 g/mol. The van der Waals surface area contributed by atoms with Crippen LogP contribution in [0.4, 0.5) is 0 Å². The molecule has 0 bridgehead atoms. The summed E-state index contributed by atoms with van der Waals surface area (Å²) in [7, 11) is 0. The molecule has 0 rings (SSSR count). The van der Waals surface area contributed by atoms with Crippen LogP contribution in [0.15, 0.2) is 0 Å². The first-order chi connectivity index (χ1) is 5.60. The van der Waals surface area contributed by atoms with Crippen LogP contribution in [0.5, 0.6) is 0 Å². The number of carbonyl (C=O) groups excluding carboxylic acids is 2. The molecule has 1 atom stereocenters. The number of carbonyl (C=O) groups is 2. The number of alkyl halides is 1. The van der Waals surface area contributed by atoms with Crippen molar-refractivity contribution in [3.05, 3.63) is 0 Å². The van der Waals surface area contributed by atoms with E-state index < -0.39 is 5.97 Å². The number of hydrogen-bond donors (Lipinski definition) is 0. The Bertz CT molecular complexity index is 168. The van der Waals surface area contributed by atoms with Gasteiger partial charge in [-0.2, -0.15) is 0 Å². The first-order valence-electron chi connectivity index (χ1n) is 3.87. The van der Waals surface area contributed by atoms with Gasteiger partial charge in [0.05, 0.1) is 12.0 Å². The maximum Gasteiger partial charge on any atom is 0.313 e. The van der Waals surface area contributed by atoms with Crippen molar-refractivity contribution in [1.82, 2.24) is 0 Å². The first-order valence-corrected chi connectivity index (χ1v) is 4.40. The summed E-state index contributed by atoms with van der Waals surface area (Å²) in [5.41, 5.74) is 0. The minimum absolute atomic E-state index is 0.124. The topological polar surface area (TPSA) is 43.4 Å². The number of hydrogen-bond acceptors (Lipinski definition) is 3. The van der Waals surface area contributed by atoms with Crippen molar-refractivity contribution in [2.24, 2.45) is 0 Å². The third-order valence-electron chi connectivity index (χ3n) is 1.40. The van der Waals surface area contributed by atoms with E-state index in [1.165, 1.54) is 0 Å². The molecule has 0 aliphatic heterocycles. The van der Waals surface area contributed by atoms with Crippen molar-refractivity contribution >= 4 is 23.4 Å². The summed E-state index contributed by atoms with van der Waals surface area (Å²) in [5, 5.41) is 0. The standard InChI is InChI=1S/C8H13ClO3/c1-3-6(2)12-8(11)4-7(10)5-9/h6H,3-5H2,1-2H3. The molecule has 1 unspecified atom stereocenters. The van der Waals surface area contributed by atoms with Crippen molar-refractivity contribution in [1.29, 1.82) is 0 Å². The minimum Gasteiger partial charge on any atom is -0.462 e. The van der Waals surface area contributed by atoms with Crippen LogP contribution in [0.1, 0.15) is 26.7 Å². The van der Waals surface area contributed by atoms with Crippen molar-refractivity contribution in [2.45, 2.75) is 32.8 Å². The highest BCUT2D eigenvalue weighted by atomic mass is 35.5. The van der Waals surface area contributed by atoms with Gasteiger partial charge in [-0.3, -0.25) is 9.59 Å². The fourth-order valence-corrected chi connectivity index (χ4v) is 0.652. The van der Waals surface area contributed by atoms with Gasteiger partial charge in [0.15, 0.2) is 5.78 Å². The van der Waals surface area contributed by atoms with Crippen LogP contribution < -0.4 is 0 Å². The molecule has 4 heteroatoms. The largest absolute Gasteiger partial charge is 0.462 e. The molecular weight excluding hydrogens is 180 g/mol. The molecule has 0 N–H and O–H groups in total. The molecule has 0 amide bonds. The highest BCUT2D eigenvalue weighted by Crippen LogP contribution is 1.99. The second-order valence-electron chi connectivity index (χ2n) is 2.56. The zero-order valence-electron chi connectivity index (χ0n) is 7.30. The van der Waals surface area contributed by atoms with E-state index in [0.717, 1.165) is 6.42 Å². The summed E-state index contributed by atoms with van der Waals surface area (Å²) in [5.74, 6) is -0.921. The molecule has 0 aromatic heterocycles. The number of halogens is 1. The van der Waals surface area contributed by atoms with E-state index in [0.29, 0.717) is 0 Å². The Morgan fingerprint density at radius 1 is 1.50 bits per heavy atom. The molecular formula is C8H13ClO3. The van der Waals surface area contributed by atoms with Crippen LogP contribution in [-0.4, -0.2) is 23.7 Å². The Morgan fingerprint density at radius 2 is 2.08 bits per heavy atom. The third-order valence-corrected chi connectivity index (χ3v) is 1.70. The molecule has 3 nitrogen and oxygen atoms in total. The molecule has 0 saturated carbocycles. The van der Waals surface area contributed by atoms with Gasteiger partial charge in [0.25, 0.3) is 0 Å². The van der Waals surface area contributed by atoms with Crippen LogP contribution in [-0.2, 0) is 14.3 Å². The Labute approximate surface area is 77.0 Å². The van der Waals surface area contributed by atoms with Crippen molar-refractivity contribution in [3.8, 4) is 0 Å². The second-order valence-corrected chi connectivity index (χ2v) is 2.83. The molecule has 12 heavy (non-hydrogen) atoms. The Balaban J connectivity index is 3.66. The number of esters is 1. The van der Waals surface area contributed by atoms with Crippen LogP contribution in [0.2, 0.25) is 0 Å². The lowest BCUT2D eigenvalue weighted by atomic mass is 10.3. The SMILES string of the molecule is CCC(C)OC(=O)CC(=O)CCl. The number of ketones is 1. The number of rotatable bonds is 5. The van der Waals surface area contributed by atoms with E-state index in [-0.39, 0.29) is 24.2 Å². The van der Waals surface area contributed by atoms with Gasteiger partial charge in [-0.05, 0) is 13.3 Å². The Hall–Kier alpha value is -0.570. The van der Waals surface area contributed by atoms with E-state index in [2.05, 4.69) is 0 Å². The van der Waals surface area contributed by atoms with Crippen LogP contribution in [0.25, 0.3) is 0 Å². The maximum absolute atomic E-state index is 10.9. The monoisotopic (exact) mass is 192 g/mol. The lowest BCUT2D eigenvalue weighted by Crippen LogP contribution is -2.17. The molecule has 0 aliphatic rings. The van der Waals surface area contributed by atoms with Crippen molar-refractivity contribution < 1.29 is 14.3 Å². The normalized spacial score (nSPS) is 12.2. The first kappa shape index (κ1) is 11.4. The lowest BCUT2D eigenvalue weighted by molar-refractivity contribution is -0.149. The van der Waals surface area contributed by atoms with Gasteiger partial charge in [0, 0.05) is 0 Å². The summed E-state index contributed by atoms with van der Waals surface area (Å²) in [6.45, 7) is 3.68. The lowest BCUT2D eigenvalue weighted by Gasteiger charge is -2.09. The maximum atomic E-state index is 10.9. The smallest absolute Gasteiger partial charge is 0.313 e. The predicted molar refractivity (Wildman–Crippen MR) is 46.2 cm³/mol. The van der Waals surface area contributed by atoms with E-state index in [4.69, 9.17) is 16.3 Å². The average Bonchev–Trinajstić information content (AvgIpc) is 2.03. The predicted octanol–water partition coefficient (Wildman–Crippen LogP) is 1.53. The minimum atomic E-state index is -0.491. The van der Waals surface area contributed by atoms with Gasteiger partial charge >= 0.3 is 5.97 Å². The molecule has 0 heterocycles. The zero-order valence-corrected chi connectivity index (χ0v) is 8.06. The highest BCUT2D eigenvalue weighted by molar-refractivity contribution is 6.28. The number of Topliss-reactive ketones (excluding diaryl/α,β-unsaturated/α-hetero) is 1. The quantitative estimate of drug-likeness (QED) is 0.377. The van der Waals surface area contributed by atoms with Crippen molar-refractivity contribution in [3.63, 3.8) is 0 Å². The molecule has 0 aromatic carbocycles. The summed E-state index contributed by atoms with van der Waals surface area (Å²) in [6, 6.07) is 0. The summed E-state index contributed by atoms with van der Waals surface area (Å²) < 4.78 is 4.85. The van der Waals surface area contributed by atoms with Crippen LogP contribution in [0, 0.1) is 0 Å². The van der Waals surface area contributed by atoms with Crippen LogP contribution >= 0.6 is 11.6 Å². The molecule has 0 fully saturated rings. The van der Waals surface area contributed by atoms with Crippen molar-refractivity contribution in [2.75, 3.05) is 5.88 Å². The number of ether oxygens (including phenoxy) is 1. The van der Waals surface area contributed by atoms with Gasteiger partial charge in [0.1, 0.15) is 6.42 Å². The fraction of sp³-hybridized carbons (Fsp3) is 0.750.